The van der Waals surface area contributed by atoms with Gasteiger partial charge in [-0.1, -0.05) is 104 Å². The van der Waals surface area contributed by atoms with E-state index in [9.17, 15) is 9.59 Å². The molecule has 4 aliphatic rings. The zero-order valence-corrected chi connectivity index (χ0v) is 20.5. The summed E-state index contributed by atoms with van der Waals surface area (Å²) in [7, 11) is 0. The van der Waals surface area contributed by atoms with Crippen LogP contribution in [0.15, 0.2) is 66.7 Å². The highest BCUT2D eigenvalue weighted by Crippen LogP contribution is 2.70. The summed E-state index contributed by atoms with van der Waals surface area (Å²) in [5, 5.41) is 0.669. The first-order chi connectivity index (χ1) is 14.8. The smallest absolute Gasteiger partial charge is 0.239 e. The fourth-order valence-electron chi connectivity index (χ4n) is 5.55. The molecule has 0 saturated carbocycles. The van der Waals surface area contributed by atoms with Gasteiger partial charge in [0.15, 0.2) is 0 Å². The molecule has 1 heterocycles. The lowest BCUT2D eigenvalue weighted by Gasteiger charge is -2.55. The minimum atomic E-state index is -0.807. The van der Waals surface area contributed by atoms with E-state index < -0.39 is 20.5 Å². The van der Waals surface area contributed by atoms with Crippen LogP contribution in [-0.2, 0) is 18.2 Å². The molecule has 7 rings (SSSR count). The lowest BCUT2D eigenvalue weighted by atomic mass is 9.54. The predicted octanol–water partition coefficient (Wildman–Crippen LogP) is 6.40. The zero-order chi connectivity index (χ0) is 21.7. The van der Waals surface area contributed by atoms with Crippen LogP contribution in [0, 0.1) is 11.8 Å². The van der Waals surface area contributed by atoms with Crippen molar-refractivity contribution in [3.05, 3.63) is 99.0 Å². The van der Waals surface area contributed by atoms with Crippen LogP contribution in [0.3, 0.4) is 0 Å². The summed E-state index contributed by atoms with van der Waals surface area (Å²) < 4.78 is -1.61. The molecule has 3 aromatic rings. The third-order valence-electron chi connectivity index (χ3n) is 6.75. The molecule has 2 atom stereocenters. The van der Waals surface area contributed by atoms with Crippen molar-refractivity contribution in [1.29, 1.82) is 0 Å². The van der Waals surface area contributed by atoms with Crippen LogP contribution in [-0.4, -0.2) is 11.8 Å². The van der Waals surface area contributed by atoms with Gasteiger partial charge in [0.05, 0.1) is 36.2 Å². The Morgan fingerprint density at radius 2 is 1.10 bits per heavy atom. The Balaban J connectivity index is 1.65. The molecule has 3 aromatic carbocycles. The summed E-state index contributed by atoms with van der Waals surface area (Å²) in [6.45, 7) is 0. The van der Waals surface area contributed by atoms with E-state index in [0.29, 0.717) is 15.7 Å². The van der Waals surface area contributed by atoms with Crippen molar-refractivity contribution in [3.63, 3.8) is 0 Å². The number of carbonyl (C=O) groups excluding carboxylic acids is 2. The number of hydrogen-bond acceptors (Lipinski definition) is 2. The zero-order valence-electron chi connectivity index (χ0n) is 15.8. The first-order valence-electron chi connectivity index (χ1n) is 9.72. The molecule has 0 unspecified atom stereocenters. The number of amides is 2. The molecule has 0 radical (unpaired) electrons. The van der Waals surface area contributed by atoms with Crippen LogP contribution in [0.4, 0.5) is 5.69 Å². The van der Waals surface area contributed by atoms with E-state index >= 15 is 0 Å². The highest BCUT2D eigenvalue weighted by Gasteiger charge is 2.72. The second-order valence-corrected chi connectivity index (χ2v) is 11.4. The number of benzene rings is 3. The molecule has 2 bridgehead atoms. The molecule has 0 aromatic heterocycles. The van der Waals surface area contributed by atoms with Gasteiger partial charge in [-0.25, -0.2) is 4.90 Å². The number of rotatable bonds is 1. The monoisotopic (exact) mass is 575 g/mol. The van der Waals surface area contributed by atoms with Crippen LogP contribution < -0.4 is 4.90 Å². The Labute approximate surface area is 205 Å². The second kappa shape index (κ2) is 6.44. The normalized spacial score (nSPS) is 30.3. The lowest BCUT2D eigenvalue weighted by molar-refractivity contribution is -0.122. The van der Waals surface area contributed by atoms with Crippen molar-refractivity contribution in [2.24, 2.45) is 11.8 Å². The van der Waals surface area contributed by atoms with Gasteiger partial charge in [-0.15, -0.1) is 0 Å². The van der Waals surface area contributed by atoms with E-state index in [1.54, 1.807) is 18.2 Å². The molecule has 1 saturated heterocycles. The number of hydrogen-bond donors (Lipinski definition) is 0. The standard InChI is InChI=1S/C24H13Br2Cl2NO2/c25-23-13-5-1-2-6-14(13)24(26,16-8-4-3-7-15(16)23)20-19(23)21(30)29(22(20)31)12-9-10-17(27)18(28)11-12/h1-11,19-20H/t19-,20-,23?,24?/m1/s1. The van der Waals surface area contributed by atoms with Gasteiger partial charge in [-0.3, -0.25) is 9.59 Å². The summed E-state index contributed by atoms with van der Waals surface area (Å²) in [6, 6.07) is 20.8. The Bertz CT molecular complexity index is 1200. The molecule has 31 heavy (non-hydrogen) atoms. The van der Waals surface area contributed by atoms with Crippen LogP contribution in [0.5, 0.6) is 0 Å². The molecular formula is C24H13Br2Cl2NO2. The number of anilines is 1. The third-order valence-corrected chi connectivity index (χ3v) is 10.2. The number of halogens is 4. The molecule has 154 valence electrons. The number of carbonyl (C=O) groups is 2. The van der Waals surface area contributed by atoms with E-state index in [0.717, 1.165) is 22.3 Å². The lowest BCUT2D eigenvalue weighted by Crippen LogP contribution is -2.56. The highest BCUT2D eigenvalue weighted by molar-refractivity contribution is 9.10. The molecule has 0 N–H and O–H groups in total. The molecular weight excluding hydrogens is 565 g/mol. The largest absolute Gasteiger partial charge is 0.274 e. The average Bonchev–Trinajstić information content (AvgIpc) is 3.05. The minimum absolute atomic E-state index is 0.252. The van der Waals surface area contributed by atoms with Crippen molar-refractivity contribution < 1.29 is 9.59 Å². The number of alkyl halides is 2. The maximum Gasteiger partial charge on any atom is 0.239 e. The van der Waals surface area contributed by atoms with Gasteiger partial charge in [0.1, 0.15) is 0 Å². The fourth-order valence-corrected chi connectivity index (χ4v) is 8.14. The molecule has 3 aliphatic carbocycles. The minimum Gasteiger partial charge on any atom is -0.274 e. The van der Waals surface area contributed by atoms with Gasteiger partial charge in [0.25, 0.3) is 0 Å². The summed E-state index contributed by atoms with van der Waals surface area (Å²) in [6.07, 6.45) is 0. The average molecular weight is 578 g/mol. The number of imide groups is 1. The van der Waals surface area contributed by atoms with Crippen LogP contribution in [0.1, 0.15) is 22.3 Å². The summed E-state index contributed by atoms with van der Waals surface area (Å²) in [5.41, 5.74) is 4.44. The van der Waals surface area contributed by atoms with Crippen molar-refractivity contribution >= 4 is 72.6 Å². The Kier molecular flexibility index (Phi) is 4.15. The first-order valence-corrected chi connectivity index (χ1v) is 12.1. The topological polar surface area (TPSA) is 37.4 Å². The van der Waals surface area contributed by atoms with Gasteiger partial charge in [-0.05, 0) is 40.5 Å². The van der Waals surface area contributed by atoms with E-state index in [4.69, 9.17) is 23.2 Å². The molecule has 1 aliphatic heterocycles. The van der Waals surface area contributed by atoms with Gasteiger partial charge < -0.3 is 0 Å². The van der Waals surface area contributed by atoms with Crippen molar-refractivity contribution in [2.75, 3.05) is 4.90 Å². The van der Waals surface area contributed by atoms with Crippen molar-refractivity contribution in [1.82, 2.24) is 0 Å². The summed E-state index contributed by atoms with van der Waals surface area (Å²) in [4.78, 5) is 29.0. The van der Waals surface area contributed by atoms with Gasteiger partial charge in [0, 0.05) is 0 Å². The van der Waals surface area contributed by atoms with Gasteiger partial charge in [-0.2, -0.15) is 0 Å². The Morgan fingerprint density at radius 3 is 1.48 bits per heavy atom. The maximum atomic E-state index is 13.9. The van der Waals surface area contributed by atoms with E-state index in [1.165, 1.54) is 4.90 Å². The quantitative estimate of drug-likeness (QED) is 0.248. The van der Waals surface area contributed by atoms with Crippen molar-refractivity contribution in [3.8, 4) is 0 Å². The fraction of sp³-hybridized carbons (Fsp3) is 0.167. The Morgan fingerprint density at radius 1 is 0.677 bits per heavy atom. The third kappa shape index (κ3) is 2.26. The van der Waals surface area contributed by atoms with Gasteiger partial charge in [0.2, 0.25) is 11.8 Å². The first kappa shape index (κ1) is 20.0. The predicted molar refractivity (Wildman–Crippen MR) is 128 cm³/mol. The molecule has 3 nitrogen and oxygen atoms in total. The SMILES string of the molecule is O=C1[C@H]2[C@H](C(=O)N1c1ccc(Cl)c(Cl)c1)C1(Br)c3ccccc3C2(Br)c2ccccc21. The maximum absolute atomic E-state index is 13.9. The van der Waals surface area contributed by atoms with E-state index in [1.807, 2.05) is 48.5 Å². The Hall–Kier alpha value is -1.66. The molecule has 1 fully saturated rings. The molecule has 0 spiro atoms. The van der Waals surface area contributed by atoms with Crippen LogP contribution in [0.2, 0.25) is 10.0 Å². The van der Waals surface area contributed by atoms with Crippen LogP contribution >= 0.6 is 55.1 Å². The number of nitrogens with zero attached hydrogens (tertiary/aromatic N) is 1. The second-order valence-electron chi connectivity index (χ2n) is 8.08. The van der Waals surface area contributed by atoms with Gasteiger partial charge >= 0.3 is 0 Å². The van der Waals surface area contributed by atoms with E-state index in [2.05, 4.69) is 31.9 Å². The van der Waals surface area contributed by atoms with Crippen molar-refractivity contribution in [2.45, 2.75) is 8.65 Å². The van der Waals surface area contributed by atoms with E-state index in [-0.39, 0.29) is 11.8 Å². The van der Waals surface area contributed by atoms with Crippen LogP contribution in [0.25, 0.3) is 0 Å². The summed E-state index contributed by atoms with van der Waals surface area (Å²) in [5.74, 6) is -1.73. The summed E-state index contributed by atoms with van der Waals surface area (Å²) >= 11 is 20.3. The molecule has 2 amide bonds. The molecule has 7 heteroatoms. The highest BCUT2D eigenvalue weighted by atomic mass is 79.9.